The van der Waals surface area contributed by atoms with Crippen molar-refractivity contribution in [3.8, 4) is 0 Å². The van der Waals surface area contributed by atoms with Gasteiger partial charge in [0.25, 0.3) is 0 Å². The Bertz CT molecular complexity index is 13.5. The molecule has 0 atom stereocenters. The minimum Gasteiger partial charge on any atom is -0.444 e. The zero-order valence-electron chi connectivity index (χ0n) is 1.57. The second-order valence-corrected chi connectivity index (χ2v) is 0.0745. The van der Waals surface area contributed by atoms with Gasteiger partial charge in [0.15, 0.2) is 0 Å². The van der Waals surface area contributed by atoms with Crippen LogP contribution >= 0.6 is 0 Å². The van der Waals surface area contributed by atoms with Gasteiger partial charge in [0.05, 0.1) is 0 Å². The first-order valence-electron chi connectivity index (χ1n) is 0.365. The number of hydrogen-bond donors (Lipinski definition) is 0. The van der Waals surface area contributed by atoms with Gasteiger partial charge < -0.3 is 10.1 Å². The Balaban J connectivity index is 0. The van der Waals surface area contributed by atoms with E-state index in [-0.39, 0.29) is 22.4 Å². The second-order valence-electron chi connectivity index (χ2n) is 0.0745. The molecule has 0 aliphatic carbocycles. The average Bonchev–Trinajstić information content (AvgIpc) is 0.918. The molecular weight excluding hydrogens is 154 g/mol. The van der Waals surface area contributed by atoms with Crippen molar-refractivity contribution in [2.75, 3.05) is 0 Å². The topological polar surface area (TPSA) is 52.5 Å². The molecule has 4 heavy (non-hydrogen) atoms. The molecule has 0 saturated carbocycles. The van der Waals surface area contributed by atoms with Crippen LogP contribution in [0.25, 0.3) is 0 Å². The fourth-order valence-corrected chi connectivity index (χ4v) is 0. The van der Waals surface area contributed by atoms with Crippen LogP contribution in [-0.2, 0) is 22.4 Å². The van der Waals surface area contributed by atoms with Gasteiger partial charge in [-0.05, 0) is 0 Å². The standard InChI is InChI=1S/Ag.HNO2/c;2-1-3/h;(H,2,3)/q+1;/p-1. The molecule has 0 aromatic carbocycles. The fourth-order valence-electron chi connectivity index (χ4n) is 0. The Morgan fingerprint density at radius 1 is 1.75 bits per heavy atom. The third-order valence-electron chi connectivity index (χ3n) is 0. The zero-order valence-corrected chi connectivity index (χ0v) is 3.05. The van der Waals surface area contributed by atoms with E-state index in [1.165, 1.54) is 0 Å². The van der Waals surface area contributed by atoms with Gasteiger partial charge in [-0.25, -0.2) is 0 Å². The SMILES string of the molecule is O=N[O-].[Ag+]. The molecule has 0 bridgehead atoms. The van der Waals surface area contributed by atoms with Gasteiger partial charge in [0, 0.05) is 0 Å². The molecule has 0 radical (unpaired) electrons. The van der Waals surface area contributed by atoms with E-state index in [0.29, 0.717) is 0 Å². The maximum Gasteiger partial charge on any atom is 1.00 e. The molecule has 4 heteroatoms. The van der Waals surface area contributed by atoms with E-state index in [0.717, 1.165) is 5.34 Å². The molecule has 0 amide bonds. The van der Waals surface area contributed by atoms with Crippen LogP contribution in [0.4, 0.5) is 0 Å². The summed E-state index contributed by atoms with van der Waals surface area (Å²) in [6.07, 6.45) is 0. The van der Waals surface area contributed by atoms with E-state index in [4.69, 9.17) is 10.1 Å². The molecule has 0 spiro atoms. The normalized spacial score (nSPS) is 3.00. The van der Waals surface area contributed by atoms with Gasteiger partial charge in [-0.1, -0.05) is 0 Å². The minimum atomic E-state index is 0. The predicted octanol–water partition coefficient (Wildman–Crippen LogP) is 0.248. The summed E-state index contributed by atoms with van der Waals surface area (Å²) >= 11 is 0. The molecule has 0 unspecified atom stereocenters. The van der Waals surface area contributed by atoms with Crippen LogP contribution in [0.2, 0.25) is 0 Å². The fraction of sp³-hybridized carbons (Fsp3) is 0. The van der Waals surface area contributed by atoms with Crippen molar-refractivity contribution in [1.29, 1.82) is 0 Å². The third-order valence-corrected chi connectivity index (χ3v) is 0. The minimum absolute atomic E-state index is 0. The monoisotopic (exact) mass is 153 g/mol. The first-order chi connectivity index (χ1) is 1.41. The molecule has 0 aliphatic rings. The molecule has 0 aromatic heterocycles. The molecule has 0 heterocycles. The molecule has 3 nitrogen and oxygen atoms in total. The first-order valence-corrected chi connectivity index (χ1v) is 0.365. The maximum atomic E-state index is 8.00. The summed E-state index contributed by atoms with van der Waals surface area (Å²) in [7, 11) is 0. The third kappa shape index (κ3) is 141. The van der Waals surface area contributed by atoms with Crippen molar-refractivity contribution in [2.45, 2.75) is 0 Å². The van der Waals surface area contributed by atoms with Crippen molar-refractivity contribution in [3.05, 3.63) is 10.1 Å². The molecule has 0 aromatic rings. The van der Waals surface area contributed by atoms with E-state index in [1.54, 1.807) is 0 Å². The van der Waals surface area contributed by atoms with Crippen LogP contribution < -0.4 is 0 Å². The molecule has 28 valence electrons. The summed E-state index contributed by atoms with van der Waals surface area (Å²) < 4.78 is 0. The summed E-state index contributed by atoms with van der Waals surface area (Å²) in [5.74, 6) is 0. The summed E-state index contributed by atoms with van der Waals surface area (Å²) in [6, 6.07) is 0. The van der Waals surface area contributed by atoms with E-state index in [1.807, 2.05) is 0 Å². The smallest absolute Gasteiger partial charge is 0.444 e. The molecule has 0 rings (SSSR count). The van der Waals surface area contributed by atoms with E-state index in [2.05, 4.69) is 0 Å². The van der Waals surface area contributed by atoms with Gasteiger partial charge in [0.1, 0.15) is 0 Å². The number of hydrogen-bond acceptors (Lipinski definition) is 3. The van der Waals surface area contributed by atoms with Gasteiger partial charge in [-0.2, -0.15) is 0 Å². The second kappa shape index (κ2) is 11.1. The van der Waals surface area contributed by atoms with Crippen molar-refractivity contribution in [2.24, 2.45) is 5.34 Å². The summed E-state index contributed by atoms with van der Waals surface area (Å²) in [4.78, 5) is 8.00. The van der Waals surface area contributed by atoms with Gasteiger partial charge in [-0.3, -0.25) is 0 Å². The van der Waals surface area contributed by atoms with Crippen LogP contribution in [-0.4, -0.2) is 0 Å². The number of rotatable bonds is 0. The zero-order chi connectivity index (χ0) is 2.71. The molecule has 0 aliphatic heterocycles. The van der Waals surface area contributed by atoms with Crippen molar-refractivity contribution < 1.29 is 22.4 Å². The van der Waals surface area contributed by atoms with Crippen LogP contribution in [0.1, 0.15) is 0 Å². The van der Waals surface area contributed by atoms with Crippen LogP contribution in [0.15, 0.2) is 5.34 Å². The van der Waals surface area contributed by atoms with Crippen molar-refractivity contribution in [1.82, 2.24) is 0 Å². The van der Waals surface area contributed by atoms with Crippen LogP contribution in [0.3, 0.4) is 0 Å². The van der Waals surface area contributed by atoms with Crippen molar-refractivity contribution >= 4 is 0 Å². The van der Waals surface area contributed by atoms with Crippen LogP contribution in [0, 0.1) is 10.1 Å². The Hall–Kier alpha value is 0.140. The van der Waals surface area contributed by atoms with E-state index < -0.39 is 0 Å². The Labute approximate surface area is 38.5 Å². The largest absolute Gasteiger partial charge is 1.00 e. The van der Waals surface area contributed by atoms with Crippen LogP contribution in [0.5, 0.6) is 0 Å². The Morgan fingerprint density at radius 3 is 1.75 bits per heavy atom. The van der Waals surface area contributed by atoms with E-state index >= 15 is 0 Å². The quantitative estimate of drug-likeness (QED) is 0.285. The molecule has 0 N–H and O–H groups in total. The van der Waals surface area contributed by atoms with Gasteiger partial charge in [-0.15, -0.1) is 5.34 Å². The summed E-state index contributed by atoms with van der Waals surface area (Å²) in [5.41, 5.74) is 0. The maximum absolute atomic E-state index is 8.00. The Kier molecular flexibility index (Phi) is 24.7. The van der Waals surface area contributed by atoms with Crippen molar-refractivity contribution in [3.63, 3.8) is 0 Å². The van der Waals surface area contributed by atoms with Gasteiger partial charge >= 0.3 is 22.4 Å². The summed E-state index contributed by atoms with van der Waals surface area (Å²) in [6.45, 7) is 0. The molecule has 0 saturated heterocycles. The van der Waals surface area contributed by atoms with E-state index in [9.17, 15) is 0 Å². The Morgan fingerprint density at radius 2 is 1.75 bits per heavy atom. The average molecular weight is 154 g/mol. The predicted molar refractivity (Wildman–Crippen MR) is 9.16 cm³/mol. The van der Waals surface area contributed by atoms with Gasteiger partial charge in [0.2, 0.25) is 0 Å². The molecule has 0 fully saturated rings. The first kappa shape index (κ1) is 8.91. The number of nitrogens with zero attached hydrogens (tertiary/aromatic N) is 1. The summed E-state index contributed by atoms with van der Waals surface area (Å²) in [5, 5.41) is 9.00. The molecular formula is AgNO2.